The molecule has 0 aliphatic heterocycles. The van der Waals surface area contributed by atoms with Crippen molar-refractivity contribution < 1.29 is 0 Å². The molecule has 0 nitrogen and oxygen atoms in total. The molecular weight excluding hydrogens is 480 g/mol. The fraction of sp³-hybridized carbons (Fsp3) is 1.00. The van der Waals surface area contributed by atoms with Gasteiger partial charge < -0.3 is 0 Å². The van der Waals surface area contributed by atoms with Crippen LogP contribution >= 0.6 is 0 Å². The average molecular weight is 553 g/mol. The van der Waals surface area contributed by atoms with Crippen molar-refractivity contribution in [3.63, 3.8) is 0 Å². The summed E-state index contributed by atoms with van der Waals surface area (Å²) in [5.74, 6) is 14.6. The third-order valence-corrected chi connectivity index (χ3v) is 17.7. The minimum absolute atomic E-state index is 0.542. The maximum Gasteiger partial charge on any atom is -0.0269 e. The average Bonchev–Trinajstić information content (AvgIpc) is 3.64. The van der Waals surface area contributed by atoms with Crippen LogP contribution in [0.25, 0.3) is 0 Å². The van der Waals surface area contributed by atoms with E-state index in [1.54, 1.807) is 19.3 Å². The standard InChI is InChI=1S/C18H30.C16H28.C6H14/c1-9-10(2)12-7-11(9)15-13-8-14(16(12)15)18(5,6)17(13,3)4;1-9-10(2)12-7-11(9)13-8-15(3,4)16(5,6)14(12)13;1-5-6(2,3)4/h9-16H,7-8H2,1-6H3;9-14H,7-8H2,1-6H3;5H2,1-4H3. The maximum atomic E-state index is 2.58. The summed E-state index contributed by atoms with van der Waals surface area (Å²) < 4.78 is 0. The van der Waals surface area contributed by atoms with E-state index in [-0.39, 0.29) is 0 Å². The highest BCUT2D eigenvalue weighted by atomic mass is 14.8. The fourth-order valence-electron chi connectivity index (χ4n) is 13.1. The van der Waals surface area contributed by atoms with Gasteiger partial charge in [-0.3, -0.25) is 0 Å². The van der Waals surface area contributed by atoms with Gasteiger partial charge in [-0.2, -0.15) is 0 Å². The van der Waals surface area contributed by atoms with E-state index < -0.39 is 0 Å². The first-order chi connectivity index (χ1) is 18.1. The van der Waals surface area contributed by atoms with Gasteiger partial charge in [0.05, 0.1) is 0 Å². The molecule has 0 N–H and O–H groups in total. The highest BCUT2D eigenvalue weighted by Crippen LogP contribution is 2.78. The van der Waals surface area contributed by atoms with Gasteiger partial charge in [-0.15, -0.1) is 0 Å². The SMILES string of the molecule is CC1C(C)C2CC1C1C2C2CC1C(C)(C)C2(C)C.CC1C(C)C2CC1C1CC(C)(C)C(C)(C)C21.CCC(C)(C)C. The van der Waals surface area contributed by atoms with Crippen LogP contribution in [0.4, 0.5) is 0 Å². The Bertz CT molecular complexity index is 904. The molecule has 0 amide bonds. The van der Waals surface area contributed by atoms with Crippen molar-refractivity contribution in [2.75, 3.05) is 0 Å². The molecule has 7 fully saturated rings. The Balaban J connectivity index is 0.000000136. The van der Waals surface area contributed by atoms with Crippen LogP contribution < -0.4 is 0 Å². The molecule has 0 saturated heterocycles. The Morgan fingerprint density at radius 3 is 1.32 bits per heavy atom. The van der Waals surface area contributed by atoms with E-state index in [1.807, 2.05) is 0 Å². The first kappa shape index (κ1) is 31.4. The lowest BCUT2D eigenvalue weighted by Crippen LogP contribution is -2.50. The molecule has 7 aliphatic rings. The van der Waals surface area contributed by atoms with Crippen LogP contribution in [0.2, 0.25) is 0 Å². The summed E-state index contributed by atoms with van der Waals surface area (Å²) in [6.07, 6.45) is 7.45. The highest BCUT2D eigenvalue weighted by Gasteiger charge is 2.72. The van der Waals surface area contributed by atoms with Gasteiger partial charge in [0, 0.05) is 0 Å². The fourth-order valence-corrected chi connectivity index (χ4v) is 13.1. The molecule has 14 atom stereocenters. The molecule has 40 heavy (non-hydrogen) atoms. The van der Waals surface area contributed by atoms with Crippen molar-refractivity contribution in [2.45, 2.75) is 143 Å². The molecule has 7 saturated carbocycles. The minimum Gasteiger partial charge on any atom is -0.0649 e. The zero-order chi connectivity index (χ0) is 30.1. The zero-order valence-electron chi connectivity index (χ0n) is 30.1. The molecule has 0 heterocycles. The van der Waals surface area contributed by atoms with Crippen LogP contribution in [0, 0.1) is 110 Å². The van der Waals surface area contributed by atoms with E-state index in [0.717, 1.165) is 82.9 Å². The number of hydrogen-bond donors (Lipinski definition) is 0. The quantitative estimate of drug-likeness (QED) is 0.262. The predicted molar refractivity (Wildman–Crippen MR) is 175 cm³/mol. The van der Waals surface area contributed by atoms with Crippen LogP contribution in [-0.4, -0.2) is 0 Å². The summed E-state index contributed by atoms with van der Waals surface area (Å²) in [4.78, 5) is 0. The summed E-state index contributed by atoms with van der Waals surface area (Å²) in [6.45, 7) is 39.5. The second kappa shape index (κ2) is 9.50. The first-order valence-electron chi connectivity index (χ1n) is 18.1. The maximum absolute atomic E-state index is 2.58. The number of rotatable bonds is 0. The van der Waals surface area contributed by atoms with E-state index >= 15 is 0 Å². The molecular formula is C40H72. The van der Waals surface area contributed by atoms with Gasteiger partial charge in [0.1, 0.15) is 0 Å². The van der Waals surface area contributed by atoms with E-state index in [9.17, 15) is 0 Å². The van der Waals surface area contributed by atoms with Crippen LogP contribution in [0.3, 0.4) is 0 Å². The molecule has 0 aromatic carbocycles. The van der Waals surface area contributed by atoms with Gasteiger partial charge >= 0.3 is 0 Å². The van der Waals surface area contributed by atoms with Crippen molar-refractivity contribution in [3.05, 3.63) is 0 Å². The zero-order valence-corrected chi connectivity index (χ0v) is 30.1. The molecule has 6 bridgehead atoms. The topological polar surface area (TPSA) is 0 Å². The molecule has 0 aromatic heterocycles. The number of hydrogen-bond acceptors (Lipinski definition) is 0. The molecule has 14 unspecified atom stereocenters. The second-order valence-corrected chi connectivity index (χ2v) is 20.5. The van der Waals surface area contributed by atoms with Crippen molar-refractivity contribution in [1.82, 2.24) is 0 Å². The smallest absolute Gasteiger partial charge is 0.0269 e. The summed E-state index contributed by atoms with van der Waals surface area (Å²) in [5, 5.41) is 0. The van der Waals surface area contributed by atoms with Crippen LogP contribution in [0.1, 0.15) is 143 Å². The normalized spacial score (nSPS) is 52.5. The minimum atomic E-state index is 0.542. The predicted octanol–water partition coefficient (Wildman–Crippen LogP) is 11.9. The van der Waals surface area contributed by atoms with E-state index in [4.69, 9.17) is 0 Å². The molecule has 0 spiro atoms. The Morgan fingerprint density at radius 1 is 0.525 bits per heavy atom. The van der Waals surface area contributed by atoms with Crippen LogP contribution in [0.15, 0.2) is 0 Å². The molecule has 0 aromatic rings. The monoisotopic (exact) mass is 553 g/mol. The van der Waals surface area contributed by atoms with Gasteiger partial charge in [0.25, 0.3) is 0 Å². The molecule has 0 radical (unpaired) electrons. The lowest BCUT2D eigenvalue weighted by Gasteiger charge is -2.55. The Morgan fingerprint density at radius 2 is 0.900 bits per heavy atom. The number of fused-ring (bicyclic) bond motifs is 14. The summed E-state index contributed by atoms with van der Waals surface area (Å²) in [7, 11) is 0. The molecule has 0 heteroatoms. The summed E-state index contributed by atoms with van der Waals surface area (Å²) in [5.41, 5.74) is 2.81. The third-order valence-electron chi connectivity index (χ3n) is 17.7. The van der Waals surface area contributed by atoms with Crippen LogP contribution in [-0.2, 0) is 0 Å². The van der Waals surface area contributed by atoms with Gasteiger partial charge in [-0.1, -0.05) is 117 Å². The van der Waals surface area contributed by atoms with E-state index in [0.29, 0.717) is 27.1 Å². The van der Waals surface area contributed by atoms with Crippen molar-refractivity contribution in [1.29, 1.82) is 0 Å². The third kappa shape index (κ3) is 4.15. The van der Waals surface area contributed by atoms with Gasteiger partial charge in [-0.05, 0) is 136 Å². The summed E-state index contributed by atoms with van der Waals surface area (Å²) >= 11 is 0. The van der Waals surface area contributed by atoms with Gasteiger partial charge in [0.2, 0.25) is 0 Å². The van der Waals surface area contributed by atoms with Crippen molar-refractivity contribution >= 4 is 0 Å². The van der Waals surface area contributed by atoms with Crippen molar-refractivity contribution in [2.24, 2.45) is 110 Å². The molecule has 7 rings (SSSR count). The van der Waals surface area contributed by atoms with E-state index in [1.165, 1.54) is 12.8 Å². The van der Waals surface area contributed by atoms with Gasteiger partial charge in [-0.25, -0.2) is 0 Å². The van der Waals surface area contributed by atoms with Crippen molar-refractivity contribution in [3.8, 4) is 0 Å². The lowest BCUT2D eigenvalue weighted by molar-refractivity contribution is -0.0704. The molecule has 7 aliphatic carbocycles. The highest BCUT2D eigenvalue weighted by molar-refractivity contribution is 5.20. The lowest BCUT2D eigenvalue weighted by atomic mass is 9.50. The van der Waals surface area contributed by atoms with E-state index in [2.05, 4.69) is 111 Å². The molecule has 232 valence electrons. The Kier molecular flexibility index (Phi) is 7.46. The second-order valence-electron chi connectivity index (χ2n) is 20.5. The first-order valence-corrected chi connectivity index (χ1v) is 18.1. The van der Waals surface area contributed by atoms with Crippen LogP contribution in [0.5, 0.6) is 0 Å². The summed E-state index contributed by atoms with van der Waals surface area (Å²) in [6, 6.07) is 0. The van der Waals surface area contributed by atoms with Gasteiger partial charge in [0.15, 0.2) is 0 Å². The Hall–Kier alpha value is 0. The largest absolute Gasteiger partial charge is 0.0649 e. The Labute approximate surface area is 252 Å².